The first kappa shape index (κ1) is 8.24. The summed E-state index contributed by atoms with van der Waals surface area (Å²) < 4.78 is 5.33. The van der Waals surface area contributed by atoms with Crippen molar-refractivity contribution < 1.29 is 9.53 Å². The van der Waals surface area contributed by atoms with E-state index in [9.17, 15) is 4.79 Å². The van der Waals surface area contributed by atoms with Crippen LogP contribution in [-0.2, 0) is 9.53 Å². The Bertz CT molecular complexity index is 176. The molecule has 2 rings (SSSR count). The summed E-state index contributed by atoms with van der Waals surface area (Å²) in [4.78, 5) is 10.9. The van der Waals surface area contributed by atoms with Gasteiger partial charge in [0.05, 0.1) is 0 Å². The first-order chi connectivity index (χ1) is 5.85. The fourth-order valence-corrected chi connectivity index (χ4v) is 2.82. The van der Waals surface area contributed by atoms with Gasteiger partial charge < -0.3 is 9.53 Å². The minimum atomic E-state index is -0.361. The Labute approximate surface area is 73.3 Å². The largest absolute Gasteiger partial charge is 0.370 e. The van der Waals surface area contributed by atoms with E-state index in [1.165, 1.54) is 32.1 Å². The molecule has 2 saturated carbocycles. The van der Waals surface area contributed by atoms with Crippen LogP contribution in [0.2, 0.25) is 0 Å². The van der Waals surface area contributed by atoms with Crippen LogP contribution in [0.4, 0.5) is 0 Å². The Kier molecular flexibility index (Phi) is 1.95. The second kappa shape index (κ2) is 2.84. The molecule has 0 bridgehead atoms. The van der Waals surface area contributed by atoms with Crippen LogP contribution < -0.4 is 0 Å². The van der Waals surface area contributed by atoms with Crippen molar-refractivity contribution in [3.8, 4) is 0 Å². The Morgan fingerprint density at radius 1 is 1.25 bits per heavy atom. The SMILES string of the molecule is COC1(C=O)[C@@H]2CCCCC[C@@H]21. The summed E-state index contributed by atoms with van der Waals surface area (Å²) in [5.41, 5.74) is -0.361. The summed E-state index contributed by atoms with van der Waals surface area (Å²) in [6.07, 6.45) is 7.31. The third kappa shape index (κ3) is 0.939. The number of carbonyl (C=O) groups excluding carboxylic acids is 1. The highest BCUT2D eigenvalue weighted by Crippen LogP contribution is 2.58. The molecular formula is C10H16O2. The lowest BCUT2D eigenvalue weighted by atomic mass is 10.1. The van der Waals surface area contributed by atoms with Gasteiger partial charge in [0.15, 0.2) is 6.29 Å². The van der Waals surface area contributed by atoms with Gasteiger partial charge in [-0.3, -0.25) is 0 Å². The molecule has 0 heterocycles. The molecule has 2 heteroatoms. The van der Waals surface area contributed by atoms with E-state index < -0.39 is 0 Å². The Hall–Kier alpha value is -0.370. The molecule has 0 aromatic heterocycles. The Morgan fingerprint density at radius 3 is 2.25 bits per heavy atom. The highest BCUT2D eigenvalue weighted by atomic mass is 16.5. The molecule has 0 aromatic carbocycles. The van der Waals surface area contributed by atoms with E-state index in [1.807, 2.05) is 0 Å². The smallest absolute Gasteiger partial charge is 0.152 e. The van der Waals surface area contributed by atoms with Crippen molar-refractivity contribution in [2.24, 2.45) is 11.8 Å². The molecule has 12 heavy (non-hydrogen) atoms. The maximum absolute atomic E-state index is 10.9. The summed E-state index contributed by atoms with van der Waals surface area (Å²) in [6.45, 7) is 0. The fraction of sp³-hybridized carbons (Fsp3) is 0.900. The lowest BCUT2D eigenvalue weighted by molar-refractivity contribution is -0.120. The maximum Gasteiger partial charge on any atom is 0.152 e. The molecule has 1 unspecified atom stereocenters. The summed E-state index contributed by atoms with van der Waals surface area (Å²) in [5.74, 6) is 1.09. The lowest BCUT2D eigenvalue weighted by Gasteiger charge is -2.09. The second-order valence-electron chi connectivity index (χ2n) is 4.03. The van der Waals surface area contributed by atoms with Crippen molar-refractivity contribution in [2.45, 2.75) is 37.7 Å². The van der Waals surface area contributed by atoms with Gasteiger partial charge in [0.25, 0.3) is 0 Å². The lowest BCUT2D eigenvalue weighted by Crippen LogP contribution is -2.19. The quantitative estimate of drug-likeness (QED) is 0.587. The average molecular weight is 168 g/mol. The fourth-order valence-electron chi connectivity index (χ4n) is 2.82. The molecule has 2 nitrogen and oxygen atoms in total. The topological polar surface area (TPSA) is 26.3 Å². The van der Waals surface area contributed by atoms with Crippen molar-refractivity contribution in [3.63, 3.8) is 0 Å². The average Bonchev–Trinajstić information content (AvgIpc) is 2.75. The third-order valence-corrected chi connectivity index (χ3v) is 3.60. The first-order valence-corrected chi connectivity index (χ1v) is 4.86. The van der Waals surface area contributed by atoms with E-state index in [4.69, 9.17) is 4.74 Å². The van der Waals surface area contributed by atoms with Gasteiger partial charge >= 0.3 is 0 Å². The summed E-state index contributed by atoms with van der Waals surface area (Å²) in [6, 6.07) is 0. The summed E-state index contributed by atoms with van der Waals surface area (Å²) in [7, 11) is 1.67. The van der Waals surface area contributed by atoms with Crippen LogP contribution in [0, 0.1) is 11.8 Å². The second-order valence-corrected chi connectivity index (χ2v) is 4.03. The van der Waals surface area contributed by atoms with Crippen LogP contribution in [0.15, 0.2) is 0 Å². The van der Waals surface area contributed by atoms with E-state index >= 15 is 0 Å². The van der Waals surface area contributed by atoms with Crippen LogP contribution in [-0.4, -0.2) is 19.0 Å². The monoisotopic (exact) mass is 168 g/mol. The van der Waals surface area contributed by atoms with Gasteiger partial charge in [0, 0.05) is 18.9 Å². The molecule has 0 saturated heterocycles. The van der Waals surface area contributed by atoms with E-state index in [2.05, 4.69) is 0 Å². The third-order valence-electron chi connectivity index (χ3n) is 3.60. The van der Waals surface area contributed by atoms with E-state index in [1.54, 1.807) is 7.11 Å². The maximum atomic E-state index is 10.9. The van der Waals surface area contributed by atoms with Gasteiger partial charge in [-0.15, -0.1) is 0 Å². The number of aldehydes is 1. The molecule has 0 aliphatic heterocycles. The van der Waals surface area contributed by atoms with Crippen molar-refractivity contribution in [2.75, 3.05) is 7.11 Å². The molecule has 3 atom stereocenters. The number of fused-ring (bicyclic) bond motifs is 1. The zero-order chi connectivity index (χ0) is 8.60. The molecule has 0 radical (unpaired) electrons. The van der Waals surface area contributed by atoms with Gasteiger partial charge in [-0.1, -0.05) is 19.3 Å². The molecule has 68 valence electrons. The van der Waals surface area contributed by atoms with Crippen molar-refractivity contribution in [1.82, 2.24) is 0 Å². The molecule has 0 spiro atoms. The van der Waals surface area contributed by atoms with Crippen LogP contribution in [0.1, 0.15) is 32.1 Å². The number of methoxy groups -OCH3 is 1. The van der Waals surface area contributed by atoms with Crippen molar-refractivity contribution in [3.05, 3.63) is 0 Å². The number of carbonyl (C=O) groups is 1. The van der Waals surface area contributed by atoms with E-state index in [0.29, 0.717) is 11.8 Å². The molecular weight excluding hydrogens is 152 g/mol. The van der Waals surface area contributed by atoms with E-state index in [0.717, 1.165) is 6.29 Å². The number of hydrogen-bond donors (Lipinski definition) is 0. The van der Waals surface area contributed by atoms with Gasteiger partial charge in [0.2, 0.25) is 0 Å². The van der Waals surface area contributed by atoms with E-state index in [-0.39, 0.29) is 5.60 Å². The van der Waals surface area contributed by atoms with Gasteiger partial charge in [-0.25, -0.2) is 0 Å². The van der Waals surface area contributed by atoms with Gasteiger partial charge in [-0.05, 0) is 12.8 Å². The zero-order valence-electron chi connectivity index (χ0n) is 7.58. The number of ether oxygens (including phenoxy) is 1. The minimum absolute atomic E-state index is 0.361. The molecule has 0 aromatic rings. The molecule has 0 N–H and O–H groups in total. The zero-order valence-corrected chi connectivity index (χ0v) is 7.58. The van der Waals surface area contributed by atoms with Crippen molar-refractivity contribution >= 4 is 6.29 Å². The predicted octanol–water partition coefficient (Wildman–Crippen LogP) is 1.78. The van der Waals surface area contributed by atoms with Gasteiger partial charge in [-0.2, -0.15) is 0 Å². The van der Waals surface area contributed by atoms with Crippen LogP contribution >= 0.6 is 0 Å². The normalized spacial score (nSPS) is 46.1. The Balaban J connectivity index is 2.08. The molecule has 2 aliphatic rings. The Morgan fingerprint density at radius 2 is 1.83 bits per heavy atom. The van der Waals surface area contributed by atoms with Crippen LogP contribution in [0.5, 0.6) is 0 Å². The standard InChI is InChI=1S/C10H16O2/c1-12-10(7-11)8-5-3-2-4-6-9(8)10/h7-9H,2-6H2,1H3/t8-,9+,10?. The van der Waals surface area contributed by atoms with Crippen LogP contribution in [0.3, 0.4) is 0 Å². The molecule has 2 fully saturated rings. The number of hydrogen-bond acceptors (Lipinski definition) is 2. The van der Waals surface area contributed by atoms with Crippen molar-refractivity contribution in [1.29, 1.82) is 0 Å². The first-order valence-electron chi connectivity index (χ1n) is 4.86. The van der Waals surface area contributed by atoms with Gasteiger partial charge in [0.1, 0.15) is 5.60 Å². The highest BCUT2D eigenvalue weighted by molar-refractivity contribution is 5.69. The number of rotatable bonds is 2. The summed E-state index contributed by atoms with van der Waals surface area (Å²) >= 11 is 0. The summed E-state index contributed by atoms with van der Waals surface area (Å²) in [5, 5.41) is 0. The molecule has 0 amide bonds. The van der Waals surface area contributed by atoms with Crippen LogP contribution in [0.25, 0.3) is 0 Å². The molecule has 2 aliphatic carbocycles. The minimum Gasteiger partial charge on any atom is -0.370 e. The highest BCUT2D eigenvalue weighted by Gasteiger charge is 2.64. The predicted molar refractivity (Wildman–Crippen MR) is 45.9 cm³/mol.